The molecule has 1 aromatic heterocycles. The Kier molecular flexibility index (Phi) is 6.25. The highest BCUT2D eigenvalue weighted by Gasteiger charge is 2.21. The van der Waals surface area contributed by atoms with Crippen molar-refractivity contribution in [3.8, 4) is 0 Å². The molecule has 2 heterocycles. The minimum atomic E-state index is 0.561. The number of pyridine rings is 1. The largest absolute Gasteiger partial charge is 0.300 e. The number of hydrogen-bond acceptors (Lipinski definition) is 5. The third-order valence-corrected chi connectivity index (χ3v) is 5.17. The van der Waals surface area contributed by atoms with Gasteiger partial charge in [-0.25, -0.2) is 0 Å². The van der Waals surface area contributed by atoms with Gasteiger partial charge < -0.3 is 5.32 Å². The van der Waals surface area contributed by atoms with E-state index < -0.39 is 0 Å². The lowest BCUT2D eigenvalue weighted by molar-refractivity contribution is 0.319. The van der Waals surface area contributed by atoms with E-state index in [-0.39, 0.29) is 0 Å². The van der Waals surface area contributed by atoms with Gasteiger partial charge in [0.15, 0.2) is 0 Å². The zero-order valence-electron chi connectivity index (χ0n) is 15.8. The first-order valence-electron chi connectivity index (χ1n) is 10.0. The molecule has 1 unspecified atom stereocenters. The Morgan fingerprint density at radius 3 is 2.89 bits per heavy atom. The monoisotopic (exact) mass is 363 g/mol. The second-order valence-corrected chi connectivity index (χ2v) is 7.60. The van der Waals surface area contributed by atoms with Gasteiger partial charge in [-0.1, -0.05) is 30.3 Å². The summed E-state index contributed by atoms with van der Waals surface area (Å²) in [4.78, 5) is 11.5. The zero-order valence-corrected chi connectivity index (χ0v) is 15.8. The summed E-state index contributed by atoms with van der Waals surface area (Å²) in [5.41, 5.74) is 3.61. The first-order valence-corrected chi connectivity index (χ1v) is 10.0. The third-order valence-electron chi connectivity index (χ3n) is 5.17. The van der Waals surface area contributed by atoms with Crippen molar-refractivity contribution in [2.24, 2.45) is 4.99 Å². The van der Waals surface area contributed by atoms with Crippen LogP contribution in [0.2, 0.25) is 0 Å². The minimum absolute atomic E-state index is 0.561. The first kappa shape index (κ1) is 18.3. The van der Waals surface area contributed by atoms with Crippen molar-refractivity contribution in [2.45, 2.75) is 44.4 Å². The van der Waals surface area contributed by atoms with Crippen molar-refractivity contribution in [3.05, 3.63) is 65.5 Å². The molecular weight excluding hydrogens is 334 g/mol. The van der Waals surface area contributed by atoms with Crippen LogP contribution in [0.4, 0.5) is 0 Å². The van der Waals surface area contributed by atoms with E-state index in [0.29, 0.717) is 12.1 Å². The summed E-state index contributed by atoms with van der Waals surface area (Å²) in [5, 5.41) is 7.08. The number of hydrogen-bond donors (Lipinski definition) is 2. The van der Waals surface area contributed by atoms with Crippen LogP contribution in [0, 0.1) is 0 Å². The highest BCUT2D eigenvalue weighted by molar-refractivity contribution is 5.79. The lowest BCUT2D eigenvalue weighted by atomic mass is 10.2. The number of rotatable bonds is 9. The molecule has 0 bridgehead atoms. The van der Waals surface area contributed by atoms with Gasteiger partial charge in [0.25, 0.3) is 0 Å². The number of nitrogens with one attached hydrogen (secondary N) is 2. The van der Waals surface area contributed by atoms with E-state index in [1.165, 1.54) is 24.8 Å². The summed E-state index contributed by atoms with van der Waals surface area (Å²) in [6, 6.07) is 16.0. The zero-order chi connectivity index (χ0) is 18.3. The average molecular weight is 364 g/mol. The highest BCUT2D eigenvalue weighted by atomic mass is 15.2. The molecule has 2 N–H and O–H groups in total. The molecule has 2 aliphatic rings. The molecule has 0 spiro atoms. The van der Waals surface area contributed by atoms with Crippen molar-refractivity contribution in [1.29, 1.82) is 0 Å². The van der Waals surface area contributed by atoms with Gasteiger partial charge in [-0.2, -0.15) is 0 Å². The summed E-state index contributed by atoms with van der Waals surface area (Å²) in [6.45, 7) is 4.91. The molecule has 5 nitrogen and oxygen atoms in total. The van der Waals surface area contributed by atoms with Gasteiger partial charge >= 0.3 is 0 Å². The molecule has 1 saturated carbocycles. The van der Waals surface area contributed by atoms with Gasteiger partial charge in [0.1, 0.15) is 0 Å². The van der Waals surface area contributed by atoms with Gasteiger partial charge in [-0.15, -0.1) is 0 Å². The van der Waals surface area contributed by atoms with Gasteiger partial charge in [-0.05, 0) is 42.5 Å². The third kappa shape index (κ3) is 5.96. The number of aliphatic imine (C=N–C) groups is 1. The number of likely N-dealkylation sites (tertiary alicyclic amines) is 1. The van der Waals surface area contributed by atoms with Crippen LogP contribution in [0.3, 0.4) is 0 Å². The van der Waals surface area contributed by atoms with E-state index in [4.69, 9.17) is 0 Å². The lowest BCUT2D eigenvalue weighted by Crippen LogP contribution is -2.38. The molecule has 1 aliphatic heterocycles. The van der Waals surface area contributed by atoms with E-state index in [9.17, 15) is 0 Å². The standard InChI is InChI=1S/C22H29N5/c1-2-4-18(5-3-1)15-27-11-9-21(16-27)26-17-23-14-22-12-19(8-10-24-22)13-25-20-6-7-20/h1-5,8,10,12-13,20-21,23,26H,6-7,9,11,14-17H2. The van der Waals surface area contributed by atoms with Crippen LogP contribution in [-0.4, -0.2) is 47.9 Å². The smallest absolute Gasteiger partial charge is 0.0548 e. The Balaban J connectivity index is 1.15. The fourth-order valence-corrected chi connectivity index (χ4v) is 3.48. The van der Waals surface area contributed by atoms with Crippen molar-refractivity contribution in [3.63, 3.8) is 0 Å². The fourth-order valence-electron chi connectivity index (χ4n) is 3.48. The second kappa shape index (κ2) is 9.22. The van der Waals surface area contributed by atoms with Gasteiger partial charge in [0.05, 0.1) is 11.7 Å². The fraction of sp³-hybridized carbons (Fsp3) is 0.455. The summed E-state index contributed by atoms with van der Waals surface area (Å²) >= 11 is 0. The minimum Gasteiger partial charge on any atom is -0.300 e. The van der Waals surface area contributed by atoms with E-state index >= 15 is 0 Å². The van der Waals surface area contributed by atoms with Crippen molar-refractivity contribution < 1.29 is 0 Å². The summed E-state index contributed by atoms with van der Waals surface area (Å²) in [6.07, 6.45) is 7.55. The van der Waals surface area contributed by atoms with Crippen LogP contribution < -0.4 is 10.6 Å². The molecular formula is C22H29N5. The average Bonchev–Trinajstić information content (AvgIpc) is 3.43. The van der Waals surface area contributed by atoms with E-state index in [2.05, 4.69) is 61.9 Å². The second-order valence-electron chi connectivity index (χ2n) is 7.60. The van der Waals surface area contributed by atoms with E-state index in [1.54, 1.807) is 0 Å². The van der Waals surface area contributed by atoms with Gasteiger partial charge in [0, 0.05) is 51.3 Å². The van der Waals surface area contributed by atoms with Crippen molar-refractivity contribution in [1.82, 2.24) is 20.5 Å². The predicted molar refractivity (Wildman–Crippen MR) is 110 cm³/mol. The molecule has 1 aliphatic carbocycles. The van der Waals surface area contributed by atoms with E-state index in [1.807, 2.05) is 18.5 Å². The van der Waals surface area contributed by atoms with E-state index in [0.717, 1.165) is 44.1 Å². The van der Waals surface area contributed by atoms with Crippen LogP contribution >= 0.6 is 0 Å². The lowest BCUT2D eigenvalue weighted by Gasteiger charge is -2.17. The summed E-state index contributed by atoms with van der Waals surface area (Å²) in [7, 11) is 0. The Morgan fingerprint density at radius 1 is 1.15 bits per heavy atom. The van der Waals surface area contributed by atoms with Crippen LogP contribution in [0.25, 0.3) is 0 Å². The molecule has 0 radical (unpaired) electrons. The van der Waals surface area contributed by atoms with Crippen LogP contribution in [0.1, 0.15) is 36.1 Å². The Labute approximate surface area is 161 Å². The molecule has 0 amide bonds. The molecule has 4 rings (SSSR count). The van der Waals surface area contributed by atoms with Gasteiger partial charge in [0.2, 0.25) is 0 Å². The molecule has 2 fully saturated rings. The Morgan fingerprint density at radius 2 is 2.04 bits per heavy atom. The maximum atomic E-state index is 4.54. The topological polar surface area (TPSA) is 52.6 Å². The maximum Gasteiger partial charge on any atom is 0.0548 e. The number of aromatic nitrogens is 1. The Bertz CT molecular complexity index is 741. The van der Waals surface area contributed by atoms with Crippen LogP contribution in [0.5, 0.6) is 0 Å². The Hall–Kier alpha value is -2.08. The highest BCUT2D eigenvalue weighted by Crippen LogP contribution is 2.23. The molecule has 27 heavy (non-hydrogen) atoms. The quantitative estimate of drug-likeness (QED) is 0.408. The molecule has 1 saturated heterocycles. The maximum absolute atomic E-state index is 4.54. The summed E-state index contributed by atoms with van der Waals surface area (Å²) < 4.78 is 0. The van der Waals surface area contributed by atoms with Crippen molar-refractivity contribution in [2.75, 3.05) is 19.8 Å². The summed E-state index contributed by atoms with van der Waals surface area (Å²) in [5.74, 6) is 0. The molecule has 1 aromatic carbocycles. The molecule has 5 heteroatoms. The van der Waals surface area contributed by atoms with Crippen LogP contribution in [-0.2, 0) is 13.1 Å². The van der Waals surface area contributed by atoms with Gasteiger partial charge in [-0.3, -0.25) is 20.2 Å². The SMILES string of the molecule is C(=NC1CC1)c1ccnc(CNCNC2CCN(Cc3ccccc3)C2)c1. The van der Waals surface area contributed by atoms with Crippen LogP contribution in [0.15, 0.2) is 53.7 Å². The first-order chi connectivity index (χ1) is 13.3. The molecule has 2 aromatic rings. The van der Waals surface area contributed by atoms with Crippen molar-refractivity contribution >= 4 is 6.21 Å². The molecule has 1 atom stereocenters. The predicted octanol–water partition coefficient (Wildman–Crippen LogP) is 2.57. The number of nitrogens with zero attached hydrogens (tertiary/aromatic N) is 3. The normalized spacial score (nSPS) is 20.5. The number of benzene rings is 1. The molecule has 142 valence electrons.